The smallest absolute Gasteiger partial charge is 0.150 e. The van der Waals surface area contributed by atoms with Gasteiger partial charge in [0, 0.05) is 17.4 Å². The van der Waals surface area contributed by atoms with Gasteiger partial charge in [0.25, 0.3) is 0 Å². The zero-order chi connectivity index (χ0) is 13.8. The molecule has 1 aromatic rings. The lowest BCUT2D eigenvalue weighted by Crippen LogP contribution is -2.28. The van der Waals surface area contributed by atoms with Crippen molar-refractivity contribution in [2.45, 2.75) is 25.8 Å². The van der Waals surface area contributed by atoms with E-state index in [1.807, 2.05) is 0 Å². The number of thiophene rings is 1. The van der Waals surface area contributed by atoms with Gasteiger partial charge in [0.15, 0.2) is 0 Å². The summed E-state index contributed by atoms with van der Waals surface area (Å²) in [7, 11) is -2.94. The molecule has 0 saturated carbocycles. The van der Waals surface area contributed by atoms with Gasteiger partial charge in [-0.3, -0.25) is 11.3 Å². The molecular weight excluding hydrogens is 315 g/mol. The zero-order valence-electron chi connectivity index (χ0n) is 9.95. The Bertz CT molecular complexity index is 488. The Kier molecular flexibility index (Phi) is 6.37. The number of sulfone groups is 1. The van der Waals surface area contributed by atoms with E-state index in [9.17, 15) is 8.42 Å². The summed E-state index contributed by atoms with van der Waals surface area (Å²) in [4.78, 5) is 0. The fourth-order valence-corrected chi connectivity index (χ4v) is 4.05. The van der Waals surface area contributed by atoms with Gasteiger partial charge in [-0.15, -0.1) is 11.3 Å². The van der Waals surface area contributed by atoms with Crippen molar-refractivity contribution in [3.05, 3.63) is 20.3 Å². The second-order valence-corrected chi connectivity index (χ2v) is 8.64. The summed E-state index contributed by atoms with van der Waals surface area (Å²) in [6, 6.07) is 1.58. The molecule has 1 heterocycles. The molecule has 4 nitrogen and oxygen atoms in total. The summed E-state index contributed by atoms with van der Waals surface area (Å²) < 4.78 is 23.9. The molecule has 0 spiro atoms. The van der Waals surface area contributed by atoms with E-state index in [0.717, 1.165) is 5.56 Å². The number of hydrazine groups is 1. The average Bonchev–Trinajstić information content (AvgIpc) is 2.64. The highest BCUT2D eigenvalue weighted by atomic mass is 35.5. The van der Waals surface area contributed by atoms with Crippen LogP contribution in [0.15, 0.2) is 6.07 Å². The van der Waals surface area contributed by atoms with Gasteiger partial charge >= 0.3 is 0 Å². The predicted molar refractivity (Wildman–Crippen MR) is 78.0 cm³/mol. The van der Waals surface area contributed by atoms with Crippen LogP contribution in [0.1, 0.15) is 31.4 Å². The van der Waals surface area contributed by atoms with E-state index in [2.05, 4.69) is 5.43 Å². The maximum Gasteiger partial charge on any atom is 0.150 e. The maximum absolute atomic E-state index is 11.4. The van der Waals surface area contributed by atoms with Crippen LogP contribution < -0.4 is 11.3 Å². The van der Waals surface area contributed by atoms with Crippen molar-refractivity contribution >= 4 is 44.4 Å². The van der Waals surface area contributed by atoms with Gasteiger partial charge in [-0.25, -0.2) is 8.42 Å². The molecule has 1 unspecified atom stereocenters. The van der Waals surface area contributed by atoms with Crippen LogP contribution in [-0.4, -0.2) is 19.9 Å². The van der Waals surface area contributed by atoms with Crippen LogP contribution in [0.5, 0.6) is 0 Å². The number of nitrogens with one attached hydrogen (secondary N) is 1. The van der Waals surface area contributed by atoms with E-state index in [1.165, 1.54) is 11.3 Å². The molecule has 0 radical (unpaired) electrons. The van der Waals surface area contributed by atoms with Gasteiger partial charge in [0.1, 0.15) is 9.84 Å². The second-order valence-electron chi connectivity index (χ2n) is 3.88. The molecule has 0 bridgehead atoms. The summed E-state index contributed by atoms with van der Waals surface area (Å²) >= 11 is 13.2. The average molecular weight is 331 g/mol. The number of hydrogen-bond acceptors (Lipinski definition) is 5. The third kappa shape index (κ3) is 4.68. The van der Waals surface area contributed by atoms with Crippen molar-refractivity contribution in [1.82, 2.24) is 5.43 Å². The first-order valence-electron chi connectivity index (χ1n) is 5.51. The molecule has 1 rings (SSSR count). The van der Waals surface area contributed by atoms with Gasteiger partial charge in [0.2, 0.25) is 0 Å². The fraction of sp³-hybridized carbons (Fsp3) is 0.600. The zero-order valence-corrected chi connectivity index (χ0v) is 13.1. The van der Waals surface area contributed by atoms with Gasteiger partial charge < -0.3 is 0 Å². The molecule has 0 aliphatic carbocycles. The Balaban J connectivity index is 2.61. The molecule has 0 fully saturated rings. The van der Waals surface area contributed by atoms with Crippen LogP contribution in [0.2, 0.25) is 8.67 Å². The molecule has 0 saturated heterocycles. The van der Waals surface area contributed by atoms with E-state index in [4.69, 9.17) is 29.0 Å². The van der Waals surface area contributed by atoms with Crippen molar-refractivity contribution in [1.29, 1.82) is 0 Å². The SMILES string of the molecule is CCS(=O)(=O)CCCC(NN)c1cc(Cl)sc1Cl. The summed E-state index contributed by atoms with van der Waals surface area (Å²) in [5, 5.41) is 0. The molecule has 3 N–H and O–H groups in total. The van der Waals surface area contributed by atoms with Crippen LogP contribution in [0, 0.1) is 0 Å². The van der Waals surface area contributed by atoms with Crippen LogP contribution in [-0.2, 0) is 9.84 Å². The maximum atomic E-state index is 11.4. The highest BCUT2D eigenvalue weighted by Crippen LogP contribution is 2.36. The first-order chi connectivity index (χ1) is 8.39. The Morgan fingerprint density at radius 2 is 2.17 bits per heavy atom. The summed E-state index contributed by atoms with van der Waals surface area (Å²) in [5.74, 6) is 5.80. The molecule has 0 amide bonds. The van der Waals surface area contributed by atoms with E-state index < -0.39 is 9.84 Å². The molecular formula is C10H16Cl2N2O2S2. The summed E-state index contributed by atoms with van der Waals surface area (Å²) in [6.45, 7) is 1.64. The topological polar surface area (TPSA) is 72.2 Å². The van der Waals surface area contributed by atoms with Crippen LogP contribution in [0.25, 0.3) is 0 Å². The van der Waals surface area contributed by atoms with E-state index in [1.54, 1.807) is 13.0 Å². The van der Waals surface area contributed by atoms with Crippen molar-refractivity contribution in [3.8, 4) is 0 Å². The third-order valence-corrected chi connectivity index (χ3v) is 5.96. The van der Waals surface area contributed by atoms with Gasteiger partial charge in [-0.05, 0) is 18.9 Å². The monoisotopic (exact) mass is 330 g/mol. The predicted octanol–water partition coefficient (Wildman–Crippen LogP) is 2.77. The number of nitrogens with two attached hydrogens (primary N) is 1. The van der Waals surface area contributed by atoms with Crippen molar-refractivity contribution < 1.29 is 8.42 Å². The molecule has 0 aliphatic rings. The van der Waals surface area contributed by atoms with Crippen molar-refractivity contribution in [3.63, 3.8) is 0 Å². The normalized spacial score (nSPS) is 13.8. The highest BCUT2D eigenvalue weighted by Gasteiger charge is 2.17. The largest absolute Gasteiger partial charge is 0.271 e. The minimum absolute atomic E-state index is 0.164. The number of halogens is 2. The van der Waals surface area contributed by atoms with Gasteiger partial charge in [-0.2, -0.15) is 0 Å². The first-order valence-corrected chi connectivity index (χ1v) is 8.90. The summed E-state index contributed by atoms with van der Waals surface area (Å²) in [5.41, 5.74) is 3.47. The second kappa shape index (κ2) is 7.07. The van der Waals surface area contributed by atoms with Crippen LogP contribution >= 0.6 is 34.5 Å². The van der Waals surface area contributed by atoms with Gasteiger partial charge in [0.05, 0.1) is 14.4 Å². The Labute approximate surface area is 121 Å². The number of hydrogen-bond donors (Lipinski definition) is 2. The Morgan fingerprint density at radius 1 is 1.50 bits per heavy atom. The molecule has 104 valence electrons. The minimum Gasteiger partial charge on any atom is -0.271 e. The van der Waals surface area contributed by atoms with E-state index in [0.29, 0.717) is 21.5 Å². The van der Waals surface area contributed by atoms with Gasteiger partial charge in [-0.1, -0.05) is 30.1 Å². The first kappa shape index (κ1) is 16.2. The lowest BCUT2D eigenvalue weighted by Gasteiger charge is -2.15. The van der Waals surface area contributed by atoms with Crippen LogP contribution in [0.4, 0.5) is 0 Å². The highest BCUT2D eigenvalue weighted by molar-refractivity contribution is 7.91. The molecule has 0 aliphatic heterocycles. The molecule has 18 heavy (non-hydrogen) atoms. The Morgan fingerprint density at radius 3 is 2.61 bits per heavy atom. The molecule has 1 atom stereocenters. The Hall–Kier alpha value is 0.150. The van der Waals surface area contributed by atoms with Crippen molar-refractivity contribution in [2.75, 3.05) is 11.5 Å². The fourth-order valence-electron chi connectivity index (χ4n) is 1.57. The lowest BCUT2D eigenvalue weighted by atomic mass is 10.1. The number of rotatable bonds is 7. The minimum atomic E-state index is -2.94. The van der Waals surface area contributed by atoms with E-state index in [-0.39, 0.29) is 17.5 Å². The molecule has 1 aromatic heterocycles. The standard InChI is InChI=1S/C10H16Cl2N2O2S2/c1-2-18(15,16)5-3-4-8(14-13)7-6-9(11)17-10(7)12/h6,8,14H,2-5,13H2,1H3. The lowest BCUT2D eigenvalue weighted by molar-refractivity contribution is 0.508. The quantitative estimate of drug-likeness (QED) is 0.595. The summed E-state index contributed by atoms with van der Waals surface area (Å²) in [6.07, 6.45) is 1.14. The third-order valence-electron chi connectivity index (χ3n) is 2.65. The molecule has 0 aromatic carbocycles. The van der Waals surface area contributed by atoms with Crippen LogP contribution in [0.3, 0.4) is 0 Å². The van der Waals surface area contributed by atoms with Crippen molar-refractivity contribution in [2.24, 2.45) is 5.84 Å². The van der Waals surface area contributed by atoms with E-state index >= 15 is 0 Å². The molecule has 8 heteroatoms.